The monoisotopic (exact) mass is 553 g/mol. The third kappa shape index (κ3) is 6.31. The van der Waals surface area contributed by atoms with Crippen LogP contribution in [0.5, 0.6) is 11.5 Å². The Morgan fingerprint density at radius 1 is 1.12 bits per heavy atom. The van der Waals surface area contributed by atoms with E-state index in [4.69, 9.17) is 9.47 Å². The Morgan fingerprint density at radius 3 is 2.38 bits per heavy atom. The van der Waals surface area contributed by atoms with E-state index in [1.807, 2.05) is 23.5 Å². The van der Waals surface area contributed by atoms with Gasteiger partial charge in [-0.2, -0.15) is 0 Å². The van der Waals surface area contributed by atoms with E-state index >= 15 is 0 Å². The summed E-state index contributed by atoms with van der Waals surface area (Å²) in [6, 6.07) is 8.30. The maximum absolute atomic E-state index is 5.38. The van der Waals surface area contributed by atoms with Gasteiger partial charge in [-0.1, -0.05) is 6.92 Å². The molecule has 0 amide bonds. The van der Waals surface area contributed by atoms with Crippen LogP contribution in [0.25, 0.3) is 0 Å². The number of halogens is 2. The first kappa shape index (κ1) is 23.0. The number of guanidine groups is 1. The van der Waals surface area contributed by atoms with E-state index in [0.29, 0.717) is 18.0 Å². The summed E-state index contributed by atoms with van der Waals surface area (Å²) in [4.78, 5) is 6.97. The lowest BCUT2D eigenvalue weighted by atomic mass is 10.2. The quantitative estimate of drug-likeness (QED) is 0.299. The second-order valence-electron chi connectivity index (χ2n) is 5.31. The highest BCUT2D eigenvalue weighted by Gasteiger charge is 2.11. The summed E-state index contributed by atoms with van der Waals surface area (Å²) < 4.78 is 11.6. The molecule has 1 heterocycles. The van der Waals surface area contributed by atoms with Crippen molar-refractivity contribution in [3.8, 4) is 11.5 Å². The van der Waals surface area contributed by atoms with Gasteiger partial charge < -0.3 is 20.1 Å². The third-order valence-electron chi connectivity index (χ3n) is 3.67. The lowest BCUT2D eigenvalue weighted by molar-refractivity contribution is 0.352. The molecule has 2 rings (SSSR count). The normalized spacial score (nSPS) is 10.9. The Hall–Kier alpha value is -1.000. The molecule has 5 nitrogen and oxygen atoms in total. The molecule has 0 unspecified atom stereocenters. The molecule has 0 aliphatic carbocycles. The standard InChI is InChI=1S/C18H24BrN3O2S.HI/c1-5-13-6-7-14(25-13)11-22-18(20-2)21-10-12-8-15(19)17(24-4)16(9-12)23-3;/h6-9H,5,10-11H2,1-4H3,(H2,20,21,22);1H. The zero-order valence-electron chi connectivity index (χ0n) is 15.4. The van der Waals surface area contributed by atoms with Crippen LogP contribution in [0.3, 0.4) is 0 Å². The second kappa shape index (κ2) is 11.7. The van der Waals surface area contributed by atoms with Gasteiger partial charge in [0.2, 0.25) is 0 Å². The Labute approximate surface area is 184 Å². The fourth-order valence-corrected chi connectivity index (χ4v) is 3.91. The summed E-state index contributed by atoms with van der Waals surface area (Å²) in [6.07, 6.45) is 1.08. The maximum Gasteiger partial charge on any atom is 0.191 e. The van der Waals surface area contributed by atoms with Gasteiger partial charge in [0.05, 0.1) is 25.2 Å². The molecule has 144 valence electrons. The lowest BCUT2D eigenvalue weighted by Crippen LogP contribution is -2.36. The number of nitrogens with zero attached hydrogens (tertiary/aromatic N) is 1. The Morgan fingerprint density at radius 2 is 1.81 bits per heavy atom. The number of thiophene rings is 1. The number of ether oxygens (including phenoxy) is 2. The van der Waals surface area contributed by atoms with Crippen molar-refractivity contribution in [3.05, 3.63) is 44.1 Å². The average Bonchev–Trinajstić information content (AvgIpc) is 3.09. The molecule has 26 heavy (non-hydrogen) atoms. The number of rotatable bonds is 7. The van der Waals surface area contributed by atoms with Crippen LogP contribution in [-0.4, -0.2) is 27.2 Å². The van der Waals surface area contributed by atoms with Gasteiger partial charge >= 0.3 is 0 Å². The molecule has 0 aliphatic heterocycles. The largest absolute Gasteiger partial charge is 0.493 e. The minimum absolute atomic E-state index is 0. The topological polar surface area (TPSA) is 54.9 Å². The number of hydrogen-bond acceptors (Lipinski definition) is 4. The van der Waals surface area contributed by atoms with E-state index in [1.54, 1.807) is 21.3 Å². The molecule has 0 atom stereocenters. The molecule has 2 N–H and O–H groups in total. The Balaban J connectivity index is 0.00000338. The van der Waals surface area contributed by atoms with E-state index in [1.165, 1.54) is 9.75 Å². The molecule has 8 heteroatoms. The highest BCUT2D eigenvalue weighted by atomic mass is 127. The number of aliphatic imine (C=N–C) groups is 1. The zero-order chi connectivity index (χ0) is 18.2. The number of aryl methyl sites for hydroxylation is 1. The predicted octanol–water partition coefficient (Wildman–Crippen LogP) is 4.57. The highest BCUT2D eigenvalue weighted by molar-refractivity contribution is 14.0. The van der Waals surface area contributed by atoms with Gasteiger partial charge in [0.1, 0.15) is 0 Å². The molecule has 1 aromatic carbocycles. The van der Waals surface area contributed by atoms with Crippen LogP contribution < -0.4 is 20.1 Å². The van der Waals surface area contributed by atoms with Gasteiger partial charge in [0.25, 0.3) is 0 Å². The van der Waals surface area contributed by atoms with Crippen molar-refractivity contribution in [1.82, 2.24) is 10.6 Å². The number of hydrogen-bond donors (Lipinski definition) is 2. The SMILES string of the molecule is CCc1ccc(CNC(=NC)NCc2cc(Br)c(OC)c(OC)c2)s1.I. The first-order valence-corrected chi connectivity index (χ1v) is 9.64. The summed E-state index contributed by atoms with van der Waals surface area (Å²) in [5.41, 5.74) is 1.07. The maximum atomic E-state index is 5.38. The highest BCUT2D eigenvalue weighted by Crippen LogP contribution is 2.36. The molecule has 0 radical (unpaired) electrons. The summed E-state index contributed by atoms with van der Waals surface area (Å²) >= 11 is 5.35. The van der Waals surface area contributed by atoms with E-state index in [9.17, 15) is 0 Å². The average molecular weight is 554 g/mol. The van der Waals surface area contributed by atoms with E-state index in [2.05, 4.69) is 50.6 Å². The minimum atomic E-state index is 0. The zero-order valence-corrected chi connectivity index (χ0v) is 20.1. The predicted molar refractivity (Wildman–Crippen MR) is 123 cm³/mol. The van der Waals surface area contributed by atoms with Gasteiger partial charge in [-0.3, -0.25) is 4.99 Å². The van der Waals surface area contributed by atoms with Gasteiger partial charge in [0.15, 0.2) is 17.5 Å². The lowest BCUT2D eigenvalue weighted by Gasteiger charge is -2.14. The first-order valence-electron chi connectivity index (χ1n) is 8.03. The fraction of sp³-hybridized carbons (Fsp3) is 0.389. The van der Waals surface area contributed by atoms with Crippen molar-refractivity contribution in [2.45, 2.75) is 26.4 Å². The minimum Gasteiger partial charge on any atom is -0.493 e. The molecule has 1 aromatic heterocycles. The summed E-state index contributed by atoms with van der Waals surface area (Å²) in [6.45, 7) is 3.56. The summed E-state index contributed by atoms with van der Waals surface area (Å²) in [7, 11) is 5.03. The van der Waals surface area contributed by atoms with E-state index in [-0.39, 0.29) is 24.0 Å². The van der Waals surface area contributed by atoms with Crippen molar-refractivity contribution in [1.29, 1.82) is 0 Å². The van der Waals surface area contributed by atoms with Crippen LogP contribution in [0.4, 0.5) is 0 Å². The molecule has 0 aliphatic rings. The van der Waals surface area contributed by atoms with Crippen LogP contribution in [0.1, 0.15) is 22.2 Å². The van der Waals surface area contributed by atoms with Crippen molar-refractivity contribution in [2.75, 3.05) is 21.3 Å². The molecule has 0 saturated heterocycles. The Bertz CT molecular complexity index is 737. The third-order valence-corrected chi connectivity index (χ3v) is 5.49. The first-order chi connectivity index (χ1) is 12.1. The Kier molecular flexibility index (Phi) is 10.3. The van der Waals surface area contributed by atoms with Gasteiger partial charge in [-0.25, -0.2) is 0 Å². The van der Waals surface area contributed by atoms with Crippen LogP contribution in [0, 0.1) is 0 Å². The molecular formula is C18H25BrIN3O2S. The molecule has 0 saturated carbocycles. The van der Waals surface area contributed by atoms with Crippen molar-refractivity contribution < 1.29 is 9.47 Å². The second-order valence-corrected chi connectivity index (χ2v) is 7.42. The molecular weight excluding hydrogens is 529 g/mol. The molecule has 0 spiro atoms. The summed E-state index contributed by atoms with van der Waals surface area (Å²) in [5, 5.41) is 6.66. The van der Waals surface area contributed by atoms with Crippen molar-refractivity contribution >= 4 is 57.2 Å². The van der Waals surface area contributed by atoms with E-state index < -0.39 is 0 Å². The van der Waals surface area contributed by atoms with Gasteiger partial charge in [-0.05, 0) is 52.2 Å². The van der Waals surface area contributed by atoms with E-state index in [0.717, 1.165) is 29.0 Å². The molecule has 0 fully saturated rings. The molecule has 2 aromatic rings. The van der Waals surface area contributed by atoms with Crippen molar-refractivity contribution in [2.24, 2.45) is 4.99 Å². The van der Waals surface area contributed by atoms with Crippen LogP contribution in [0.2, 0.25) is 0 Å². The molecule has 0 bridgehead atoms. The number of methoxy groups -OCH3 is 2. The van der Waals surface area contributed by atoms with Gasteiger partial charge in [-0.15, -0.1) is 35.3 Å². The fourth-order valence-electron chi connectivity index (χ4n) is 2.36. The van der Waals surface area contributed by atoms with Crippen LogP contribution in [0.15, 0.2) is 33.7 Å². The van der Waals surface area contributed by atoms with Crippen molar-refractivity contribution in [3.63, 3.8) is 0 Å². The van der Waals surface area contributed by atoms with Gasteiger partial charge in [0, 0.05) is 23.3 Å². The number of nitrogens with one attached hydrogen (secondary N) is 2. The number of benzene rings is 1. The van der Waals surface area contributed by atoms with Crippen LogP contribution >= 0.6 is 51.2 Å². The summed E-state index contributed by atoms with van der Waals surface area (Å²) in [5.74, 6) is 2.15. The smallest absolute Gasteiger partial charge is 0.191 e. The van der Waals surface area contributed by atoms with Crippen LogP contribution in [-0.2, 0) is 19.5 Å².